The molecule has 0 radical (unpaired) electrons. The molecule has 0 rings (SSSR count). The molecule has 0 aliphatic rings. The Morgan fingerprint density at radius 1 is 0.727 bits per heavy atom. The van der Waals surface area contributed by atoms with Crippen molar-refractivity contribution in [3.63, 3.8) is 0 Å². The second kappa shape index (κ2) is 11.3. The summed E-state index contributed by atoms with van der Waals surface area (Å²) in [5.74, 6) is -0.213. The lowest BCUT2D eigenvalue weighted by molar-refractivity contribution is -0.142. The second-order valence-corrected chi connectivity index (χ2v) is 6.42. The molecule has 22 heavy (non-hydrogen) atoms. The highest BCUT2D eigenvalue weighted by Crippen LogP contribution is 2.23. The molecule has 0 saturated carbocycles. The maximum atomic E-state index is 12.4. The predicted molar refractivity (Wildman–Crippen MR) is 88.4 cm³/mol. The van der Waals surface area contributed by atoms with Crippen molar-refractivity contribution in [2.24, 2.45) is 11.8 Å². The Bertz CT molecular complexity index is 345. The van der Waals surface area contributed by atoms with Gasteiger partial charge in [0.25, 0.3) is 0 Å². The van der Waals surface area contributed by atoms with Crippen LogP contribution < -0.4 is 0 Å². The fourth-order valence-electron chi connectivity index (χ4n) is 2.04. The third-order valence-corrected chi connectivity index (χ3v) is 2.96. The molecule has 0 N–H and O–H groups in total. The Balaban J connectivity index is 5.51. The maximum absolute atomic E-state index is 12.4. The van der Waals surface area contributed by atoms with E-state index >= 15 is 0 Å². The molecule has 0 heterocycles. The molecule has 4 heteroatoms. The second-order valence-electron chi connectivity index (χ2n) is 6.42. The molecule has 0 aliphatic carbocycles. The lowest BCUT2D eigenvalue weighted by atomic mass is 9.92. The van der Waals surface area contributed by atoms with Crippen LogP contribution in [-0.2, 0) is 19.1 Å². The lowest BCUT2D eigenvalue weighted by Gasteiger charge is -2.17. The summed E-state index contributed by atoms with van der Waals surface area (Å²) >= 11 is 0. The SMILES string of the molecule is CCCOC(=O)C(CC(C)C)=C(CC(C)C)C(=O)OCCC. The van der Waals surface area contributed by atoms with Crippen molar-refractivity contribution in [2.75, 3.05) is 13.2 Å². The van der Waals surface area contributed by atoms with E-state index in [1.807, 2.05) is 41.5 Å². The standard InChI is InChI=1S/C18H32O4/c1-7-9-21-17(19)15(11-13(3)4)16(12-14(5)6)18(20)22-10-8-2/h13-14H,7-12H2,1-6H3. The average Bonchev–Trinajstić information content (AvgIpc) is 2.45. The summed E-state index contributed by atoms with van der Waals surface area (Å²) in [4.78, 5) is 24.7. The van der Waals surface area contributed by atoms with Crippen molar-refractivity contribution in [1.82, 2.24) is 0 Å². The van der Waals surface area contributed by atoms with Gasteiger partial charge < -0.3 is 9.47 Å². The fourth-order valence-corrected chi connectivity index (χ4v) is 2.04. The maximum Gasteiger partial charge on any atom is 0.334 e. The van der Waals surface area contributed by atoms with Crippen LogP contribution in [0.3, 0.4) is 0 Å². The number of ether oxygens (including phenoxy) is 2. The van der Waals surface area contributed by atoms with E-state index in [1.165, 1.54) is 0 Å². The van der Waals surface area contributed by atoms with Gasteiger partial charge in [-0.05, 0) is 37.5 Å². The van der Waals surface area contributed by atoms with Crippen molar-refractivity contribution in [1.29, 1.82) is 0 Å². The minimum atomic E-state index is -0.375. The minimum absolute atomic E-state index is 0.269. The minimum Gasteiger partial charge on any atom is -0.462 e. The molecule has 0 atom stereocenters. The predicted octanol–water partition coefficient (Wildman–Crippen LogP) is 4.28. The van der Waals surface area contributed by atoms with Gasteiger partial charge in [0, 0.05) is 11.1 Å². The Labute approximate surface area is 135 Å². The number of esters is 2. The largest absolute Gasteiger partial charge is 0.462 e. The van der Waals surface area contributed by atoms with Crippen molar-refractivity contribution in [3.05, 3.63) is 11.1 Å². The fraction of sp³-hybridized carbons (Fsp3) is 0.778. The normalized spacial score (nSPS) is 12.4. The van der Waals surface area contributed by atoms with E-state index in [-0.39, 0.29) is 23.8 Å². The van der Waals surface area contributed by atoms with Gasteiger partial charge in [-0.25, -0.2) is 9.59 Å². The van der Waals surface area contributed by atoms with Crippen LogP contribution in [-0.4, -0.2) is 25.2 Å². The van der Waals surface area contributed by atoms with Gasteiger partial charge in [-0.3, -0.25) is 0 Å². The molecule has 0 amide bonds. The number of hydrogen-bond acceptors (Lipinski definition) is 4. The van der Waals surface area contributed by atoms with Gasteiger partial charge in [-0.2, -0.15) is 0 Å². The van der Waals surface area contributed by atoms with Gasteiger partial charge in [-0.15, -0.1) is 0 Å². The zero-order valence-corrected chi connectivity index (χ0v) is 15.0. The van der Waals surface area contributed by atoms with Gasteiger partial charge in [0.15, 0.2) is 0 Å². The highest BCUT2D eigenvalue weighted by molar-refractivity contribution is 6.00. The Morgan fingerprint density at radius 2 is 1.05 bits per heavy atom. The number of carbonyl (C=O) groups is 2. The molecular weight excluding hydrogens is 280 g/mol. The first-order chi connectivity index (χ1) is 10.3. The van der Waals surface area contributed by atoms with Gasteiger partial charge in [-0.1, -0.05) is 41.5 Å². The molecule has 0 aromatic carbocycles. The molecule has 128 valence electrons. The molecule has 0 unspecified atom stereocenters. The van der Waals surface area contributed by atoms with Gasteiger partial charge in [0.05, 0.1) is 13.2 Å². The van der Waals surface area contributed by atoms with Crippen LogP contribution in [0, 0.1) is 11.8 Å². The van der Waals surface area contributed by atoms with E-state index in [9.17, 15) is 9.59 Å². The summed E-state index contributed by atoms with van der Waals surface area (Å²) in [5.41, 5.74) is 0.969. The zero-order chi connectivity index (χ0) is 17.1. The third kappa shape index (κ3) is 8.20. The topological polar surface area (TPSA) is 52.6 Å². The van der Waals surface area contributed by atoms with Gasteiger partial charge >= 0.3 is 11.9 Å². The number of rotatable bonds is 10. The quantitative estimate of drug-likeness (QED) is 0.446. The number of hydrogen-bond donors (Lipinski definition) is 0. The zero-order valence-electron chi connectivity index (χ0n) is 15.0. The Morgan fingerprint density at radius 3 is 1.27 bits per heavy atom. The molecule has 0 saturated heterocycles. The van der Waals surface area contributed by atoms with E-state index in [1.54, 1.807) is 0 Å². The molecule has 0 fully saturated rings. The molecular formula is C18H32O4. The molecule has 0 aromatic rings. The van der Waals surface area contributed by atoms with E-state index in [2.05, 4.69) is 0 Å². The van der Waals surface area contributed by atoms with Crippen LogP contribution in [0.1, 0.15) is 67.2 Å². The first-order valence-corrected chi connectivity index (χ1v) is 8.39. The summed E-state index contributed by atoms with van der Waals surface area (Å²) in [6.07, 6.45) is 2.60. The Hall–Kier alpha value is -1.32. The van der Waals surface area contributed by atoms with Crippen molar-refractivity contribution < 1.29 is 19.1 Å². The summed E-state index contributed by atoms with van der Waals surface area (Å²) in [5, 5.41) is 0. The van der Waals surface area contributed by atoms with Crippen LogP contribution in [0.2, 0.25) is 0 Å². The van der Waals surface area contributed by atoms with Crippen LogP contribution in [0.5, 0.6) is 0 Å². The molecule has 0 aliphatic heterocycles. The van der Waals surface area contributed by atoms with Crippen molar-refractivity contribution in [3.8, 4) is 0 Å². The monoisotopic (exact) mass is 312 g/mol. The Kier molecular flexibility index (Phi) is 10.6. The summed E-state index contributed by atoms with van der Waals surface area (Å²) in [7, 11) is 0. The molecule has 0 aromatic heterocycles. The summed E-state index contributed by atoms with van der Waals surface area (Å²) in [6.45, 7) is 12.7. The van der Waals surface area contributed by atoms with Crippen molar-refractivity contribution in [2.45, 2.75) is 67.2 Å². The molecule has 0 spiro atoms. The van der Waals surface area contributed by atoms with Gasteiger partial charge in [0.2, 0.25) is 0 Å². The van der Waals surface area contributed by atoms with Crippen LogP contribution in [0.15, 0.2) is 11.1 Å². The van der Waals surface area contributed by atoms with E-state index < -0.39 is 0 Å². The first kappa shape index (κ1) is 20.7. The van der Waals surface area contributed by atoms with Crippen LogP contribution in [0.25, 0.3) is 0 Å². The average molecular weight is 312 g/mol. The first-order valence-electron chi connectivity index (χ1n) is 8.39. The van der Waals surface area contributed by atoms with Crippen LogP contribution >= 0.6 is 0 Å². The third-order valence-electron chi connectivity index (χ3n) is 2.96. The highest BCUT2D eigenvalue weighted by atomic mass is 16.5. The molecule has 0 bridgehead atoms. The van der Waals surface area contributed by atoms with E-state index in [0.717, 1.165) is 12.8 Å². The smallest absolute Gasteiger partial charge is 0.334 e. The summed E-state index contributed by atoms with van der Waals surface area (Å²) < 4.78 is 10.5. The van der Waals surface area contributed by atoms with E-state index in [4.69, 9.17) is 9.47 Å². The van der Waals surface area contributed by atoms with Crippen molar-refractivity contribution >= 4 is 11.9 Å². The summed E-state index contributed by atoms with van der Waals surface area (Å²) in [6, 6.07) is 0. The lowest BCUT2D eigenvalue weighted by Crippen LogP contribution is -2.20. The number of carbonyl (C=O) groups excluding carboxylic acids is 2. The van der Waals surface area contributed by atoms with Crippen LogP contribution in [0.4, 0.5) is 0 Å². The molecule has 4 nitrogen and oxygen atoms in total. The van der Waals surface area contributed by atoms with E-state index in [0.29, 0.717) is 37.2 Å². The van der Waals surface area contributed by atoms with Gasteiger partial charge in [0.1, 0.15) is 0 Å². The highest BCUT2D eigenvalue weighted by Gasteiger charge is 2.24.